The van der Waals surface area contributed by atoms with Crippen molar-refractivity contribution in [2.24, 2.45) is 21.8 Å². The van der Waals surface area contributed by atoms with Gasteiger partial charge in [0.2, 0.25) is 0 Å². The summed E-state index contributed by atoms with van der Waals surface area (Å²) in [6.45, 7) is 12.0. The van der Waals surface area contributed by atoms with Crippen molar-refractivity contribution in [3.8, 4) is 0 Å². The first-order valence-electron chi connectivity index (χ1n) is 4.67. The molecule has 2 heteroatoms. The zero-order valence-electron chi connectivity index (χ0n) is 9.33. The maximum atomic E-state index is 4.21. The van der Waals surface area contributed by atoms with E-state index in [4.69, 9.17) is 0 Å². The average Bonchev–Trinajstić information content (AvgIpc) is 2.05. The van der Waals surface area contributed by atoms with E-state index in [2.05, 4.69) is 44.4 Å². The second-order valence-electron chi connectivity index (χ2n) is 3.69. The summed E-state index contributed by atoms with van der Waals surface area (Å²) < 4.78 is 0. The zero-order valence-corrected chi connectivity index (χ0v) is 9.33. The van der Waals surface area contributed by atoms with Crippen molar-refractivity contribution >= 4 is 12.4 Å². The molecule has 0 aliphatic rings. The first kappa shape index (κ1) is 12.1. The molecule has 74 valence electrons. The van der Waals surface area contributed by atoms with Gasteiger partial charge >= 0.3 is 0 Å². The van der Waals surface area contributed by atoms with Gasteiger partial charge in [-0.05, 0) is 24.6 Å². The Morgan fingerprint density at radius 3 is 1.92 bits per heavy atom. The lowest BCUT2D eigenvalue weighted by molar-refractivity contribution is 0.758. The Balaban J connectivity index is 4.76. The molecule has 0 heterocycles. The van der Waals surface area contributed by atoms with Gasteiger partial charge in [-0.1, -0.05) is 27.7 Å². The van der Waals surface area contributed by atoms with Crippen LogP contribution in [0, 0.1) is 11.8 Å². The minimum absolute atomic E-state index is 0.410. The maximum Gasteiger partial charge on any atom is 0.0439 e. The van der Waals surface area contributed by atoms with Crippen LogP contribution in [0.3, 0.4) is 0 Å². The molecule has 0 rings (SSSR count). The third-order valence-corrected chi connectivity index (χ3v) is 1.92. The van der Waals surface area contributed by atoms with Crippen molar-refractivity contribution in [3.05, 3.63) is 11.8 Å². The van der Waals surface area contributed by atoms with Crippen LogP contribution in [0.2, 0.25) is 0 Å². The molecule has 0 spiro atoms. The van der Waals surface area contributed by atoms with Crippen molar-refractivity contribution in [1.82, 2.24) is 0 Å². The zero-order chi connectivity index (χ0) is 10.4. The molecule has 0 bridgehead atoms. The van der Waals surface area contributed by atoms with Crippen LogP contribution in [-0.2, 0) is 0 Å². The topological polar surface area (TPSA) is 24.7 Å². The number of hydrogen-bond donors (Lipinski definition) is 0. The minimum atomic E-state index is 0.410. The largest absolute Gasteiger partial charge is 0.293 e. The number of aliphatic imine (C=N–C) groups is 2. The fourth-order valence-corrected chi connectivity index (χ4v) is 1.04. The van der Waals surface area contributed by atoms with Gasteiger partial charge in [0.25, 0.3) is 0 Å². The Morgan fingerprint density at radius 2 is 1.69 bits per heavy atom. The molecule has 0 amide bonds. The van der Waals surface area contributed by atoms with Crippen molar-refractivity contribution in [2.75, 3.05) is 7.05 Å². The van der Waals surface area contributed by atoms with Crippen LogP contribution in [0.5, 0.6) is 0 Å². The van der Waals surface area contributed by atoms with Crippen LogP contribution in [0.1, 0.15) is 27.7 Å². The van der Waals surface area contributed by atoms with E-state index >= 15 is 0 Å². The van der Waals surface area contributed by atoms with E-state index in [1.165, 1.54) is 0 Å². The van der Waals surface area contributed by atoms with Crippen LogP contribution in [-0.4, -0.2) is 19.5 Å². The first-order chi connectivity index (χ1) is 6.02. The van der Waals surface area contributed by atoms with Crippen molar-refractivity contribution in [2.45, 2.75) is 27.7 Å². The second-order valence-corrected chi connectivity index (χ2v) is 3.69. The maximum absolute atomic E-state index is 4.21. The highest BCUT2D eigenvalue weighted by Gasteiger charge is 2.05. The lowest BCUT2D eigenvalue weighted by Gasteiger charge is -2.08. The Hall–Kier alpha value is -0.920. The lowest BCUT2D eigenvalue weighted by Crippen LogP contribution is -2.06. The Labute approximate surface area is 81.5 Å². The van der Waals surface area contributed by atoms with Crippen LogP contribution in [0.4, 0.5) is 0 Å². The second kappa shape index (κ2) is 5.68. The summed E-state index contributed by atoms with van der Waals surface area (Å²) >= 11 is 0. The molecule has 0 aromatic carbocycles. The Kier molecular flexibility index (Phi) is 5.28. The standard InChI is InChI=1S/C11H20N2/c1-8(2)10(12-5)7-11(13-6)9(3)4/h7-9H,5H2,1-4,6H3/b10-7-,13-11+. The van der Waals surface area contributed by atoms with Gasteiger partial charge in [0, 0.05) is 18.5 Å². The Morgan fingerprint density at radius 1 is 1.15 bits per heavy atom. The molecular formula is C11H20N2. The van der Waals surface area contributed by atoms with E-state index in [-0.39, 0.29) is 0 Å². The fourth-order valence-electron chi connectivity index (χ4n) is 1.04. The smallest absolute Gasteiger partial charge is 0.0439 e. The van der Waals surface area contributed by atoms with Gasteiger partial charge in [0.15, 0.2) is 0 Å². The van der Waals surface area contributed by atoms with Gasteiger partial charge < -0.3 is 0 Å². The molecule has 0 saturated carbocycles. The average molecular weight is 180 g/mol. The predicted octanol–water partition coefficient (Wildman–Crippen LogP) is 2.95. The van der Waals surface area contributed by atoms with Crippen molar-refractivity contribution in [3.63, 3.8) is 0 Å². The van der Waals surface area contributed by atoms with E-state index in [1.54, 1.807) is 0 Å². The number of hydrogen-bond acceptors (Lipinski definition) is 2. The van der Waals surface area contributed by atoms with Gasteiger partial charge in [0.1, 0.15) is 0 Å². The molecule has 2 nitrogen and oxygen atoms in total. The van der Waals surface area contributed by atoms with Gasteiger partial charge in [-0.3, -0.25) is 9.98 Å². The van der Waals surface area contributed by atoms with E-state index < -0.39 is 0 Å². The van der Waals surface area contributed by atoms with Gasteiger partial charge in [-0.2, -0.15) is 0 Å². The van der Waals surface area contributed by atoms with E-state index in [0.717, 1.165) is 11.4 Å². The normalized spacial score (nSPS) is 14.1. The number of rotatable bonds is 4. The molecule has 0 fully saturated rings. The highest BCUT2D eigenvalue weighted by molar-refractivity contribution is 5.96. The third kappa shape index (κ3) is 4.02. The Bertz CT molecular complexity index is 222. The van der Waals surface area contributed by atoms with Gasteiger partial charge in [-0.15, -0.1) is 0 Å². The molecule has 0 aliphatic carbocycles. The SMILES string of the molecule is C=N/C(=C\C(=N/C)C(C)C)C(C)C. The lowest BCUT2D eigenvalue weighted by atomic mass is 10.0. The molecule has 0 atom stereocenters. The summed E-state index contributed by atoms with van der Waals surface area (Å²) in [6, 6.07) is 0. The molecule has 0 aliphatic heterocycles. The molecule has 0 radical (unpaired) electrons. The van der Waals surface area contributed by atoms with Crippen molar-refractivity contribution < 1.29 is 0 Å². The molecule has 0 saturated heterocycles. The van der Waals surface area contributed by atoms with Crippen LogP contribution < -0.4 is 0 Å². The van der Waals surface area contributed by atoms with Crippen LogP contribution in [0.15, 0.2) is 21.8 Å². The summed E-state index contributed by atoms with van der Waals surface area (Å²) in [5, 5.41) is 0. The molecule has 13 heavy (non-hydrogen) atoms. The minimum Gasteiger partial charge on any atom is -0.293 e. The third-order valence-electron chi connectivity index (χ3n) is 1.92. The summed E-state index contributed by atoms with van der Waals surface area (Å²) in [6.07, 6.45) is 2.03. The van der Waals surface area contributed by atoms with Crippen LogP contribution in [0.25, 0.3) is 0 Å². The van der Waals surface area contributed by atoms with Crippen molar-refractivity contribution in [1.29, 1.82) is 0 Å². The van der Waals surface area contributed by atoms with E-state index in [1.807, 2.05) is 13.1 Å². The van der Waals surface area contributed by atoms with Crippen LogP contribution >= 0.6 is 0 Å². The van der Waals surface area contributed by atoms with E-state index in [9.17, 15) is 0 Å². The number of allylic oxidation sites excluding steroid dienone is 2. The molecule has 0 unspecified atom stereocenters. The number of nitrogens with zero attached hydrogens (tertiary/aromatic N) is 2. The molecular weight excluding hydrogens is 160 g/mol. The van der Waals surface area contributed by atoms with Gasteiger partial charge in [-0.25, -0.2) is 0 Å². The monoisotopic (exact) mass is 180 g/mol. The fraction of sp³-hybridized carbons (Fsp3) is 0.636. The highest BCUT2D eigenvalue weighted by Crippen LogP contribution is 2.12. The van der Waals surface area contributed by atoms with E-state index in [0.29, 0.717) is 11.8 Å². The summed E-state index contributed by atoms with van der Waals surface area (Å²) in [5.74, 6) is 0.855. The molecule has 0 aromatic heterocycles. The first-order valence-corrected chi connectivity index (χ1v) is 4.67. The quantitative estimate of drug-likeness (QED) is 0.594. The van der Waals surface area contributed by atoms with Gasteiger partial charge in [0.05, 0.1) is 0 Å². The molecule has 0 aromatic rings. The highest BCUT2D eigenvalue weighted by atomic mass is 14.7. The summed E-state index contributed by atoms with van der Waals surface area (Å²) in [5.41, 5.74) is 2.09. The molecule has 0 N–H and O–H groups in total. The summed E-state index contributed by atoms with van der Waals surface area (Å²) in [7, 11) is 1.81. The summed E-state index contributed by atoms with van der Waals surface area (Å²) in [4.78, 5) is 8.20. The predicted molar refractivity (Wildman–Crippen MR) is 60.7 cm³/mol.